The normalized spacial score (nSPS) is 15.8. The first-order valence-electron chi connectivity index (χ1n) is 4.28. The number of thiol groups is 1. The van der Waals surface area contributed by atoms with Crippen molar-refractivity contribution in [2.45, 2.75) is 46.3 Å². The first-order chi connectivity index (χ1) is 5.55. The van der Waals surface area contributed by atoms with E-state index in [1.807, 2.05) is 20.8 Å². The fraction of sp³-hybridized carbons (Fsp3) is 0.889. The predicted octanol–water partition coefficient (Wildman–Crippen LogP) is 2.02. The first-order valence-corrected chi connectivity index (χ1v) is 5.50. The van der Waals surface area contributed by atoms with E-state index in [0.29, 0.717) is 0 Å². The third-order valence-corrected chi connectivity index (χ3v) is 2.91. The monoisotopic (exact) mass is 205 g/mol. The molecule has 4 heteroatoms. The Morgan fingerprint density at radius 2 is 1.46 bits per heavy atom. The smallest absolute Gasteiger partial charge is 0.258 e. The summed E-state index contributed by atoms with van der Waals surface area (Å²) in [6.07, 6.45) is 0. The summed E-state index contributed by atoms with van der Waals surface area (Å²) >= 11 is 0. The summed E-state index contributed by atoms with van der Waals surface area (Å²) in [5, 5.41) is 0. The van der Waals surface area contributed by atoms with Crippen LogP contribution in [0.5, 0.6) is 0 Å². The van der Waals surface area contributed by atoms with Crippen LogP contribution >= 0.6 is 0 Å². The molecule has 0 saturated heterocycles. The molecule has 0 N–H and O–H groups in total. The van der Waals surface area contributed by atoms with E-state index in [1.54, 1.807) is 20.8 Å². The van der Waals surface area contributed by atoms with Crippen molar-refractivity contribution in [3.05, 3.63) is 0 Å². The molecule has 0 heterocycles. The average molecular weight is 205 g/mol. The predicted molar refractivity (Wildman–Crippen MR) is 56.2 cm³/mol. The molecule has 13 heavy (non-hydrogen) atoms. The van der Waals surface area contributed by atoms with Gasteiger partial charge in [-0.2, -0.15) is 4.36 Å². The van der Waals surface area contributed by atoms with Crippen LogP contribution in [0.25, 0.3) is 0 Å². The van der Waals surface area contributed by atoms with Crippen LogP contribution in [0.4, 0.5) is 0 Å². The van der Waals surface area contributed by atoms with Crippen LogP contribution in [0.15, 0.2) is 4.36 Å². The minimum atomic E-state index is -1.80. The maximum atomic E-state index is 11.5. The fourth-order valence-corrected chi connectivity index (χ4v) is 1.15. The molecule has 0 saturated carbocycles. The molecule has 0 fully saturated rings. The van der Waals surface area contributed by atoms with Gasteiger partial charge >= 0.3 is 0 Å². The molecule has 0 aliphatic carbocycles. The molecule has 0 rings (SSSR count). The van der Waals surface area contributed by atoms with Crippen molar-refractivity contribution in [1.82, 2.24) is 0 Å². The zero-order valence-corrected chi connectivity index (χ0v) is 10.1. The van der Waals surface area contributed by atoms with Gasteiger partial charge in [-0.25, -0.2) is 0 Å². The molecule has 1 unspecified atom stereocenters. The third-order valence-electron chi connectivity index (χ3n) is 1.40. The van der Waals surface area contributed by atoms with Gasteiger partial charge in [0.25, 0.3) is 5.91 Å². The minimum absolute atomic E-state index is 0.288. The van der Waals surface area contributed by atoms with Crippen LogP contribution in [0, 0.1) is 5.41 Å². The highest BCUT2D eigenvalue weighted by Crippen LogP contribution is 2.17. The Balaban J connectivity index is 4.81. The van der Waals surface area contributed by atoms with Gasteiger partial charge in [0.15, 0.2) is 0 Å². The number of hydrogen-bond donors (Lipinski definition) is 1. The van der Waals surface area contributed by atoms with Crippen LogP contribution in [0.2, 0.25) is 0 Å². The lowest BCUT2D eigenvalue weighted by Crippen LogP contribution is -2.22. The van der Waals surface area contributed by atoms with E-state index < -0.39 is 20.8 Å². The second kappa shape index (κ2) is 3.78. The molecule has 0 aromatic rings. The zero-order valence-electron chi connectivity index (χ0n) is 9.21. The lowest BCUT2D eigenvalue weighted by molar-refractivity contribution is -0.124. The van der Waals surface area contributed by atoms with Crippen molar-refractivity contribution in [1.29, 1.82) is 0 Å². The molecule has 0 aromatic carbocycles. The molecule has 1 amide bonds. The van der Waals surface area contributed by atoms with Gasteiger partial charge in [-0.3, -0.25) is 9.00 Å². The summed E-state index contributed by atoms with van der Waals surface area (Å²) in [6, 6.07) is 0. The molecule has 3 nitrogen and oxygen atoms in total. The van der Waals surface area contributed by atoms with Crippen LogP contribution in [0.3, 0.4) is 0 Å². The molecular formula is C9H19NO2S. The average Bonchev–Trinajstić information content (AvgIpc) is 1.82. The van der Waals surface area contributed by atoms with Crippen LogP contribution < -0.4 is 0 Å². The largest absolute Gasteiger partial charge is 0.271 e. The van der Waals surface area contributed by atoms with E-state index in [1.165, 1.54) is 0 Å². The number of nitrogens with zero attached hydrogens (tertiary/aromatic N) is 1. The third kappa shape index (κ3) is 4.41. The lowest BCUT2D eigenvalue weighted by Gasteiger charge is -2.15. The van der Waals surface area contributed by atoms with Crippen molar-refractivity contribution < 1.29 is 9.00 Å². The lowest BCUT2D eigenvalue weighted by atomic mass is 9.96. The second-order valence-corrected chi connectivity index (χ2v) is 7.19. The van der Waals surface area contributed by atoms with Crippen molar-refractivity contribution >= 4 is 16.5 Å². The van der Waals surface area contributed by atoms with Gasteiger partial charge in [-0.1, -0.05) is 20.8 Å². The number of hydrogen-bond acceptors (Lipinski definition) is 2. The summed E-state index contributed by atoms with van der Waals surface area (Å²) in [5.41, 5.74) is -0.532. The number of rotatable bonds is 0. The zero-order chi connectivity index (χ0) is 10.9. The standard InChI is InChI=1S/C9H19NO2S/c1-8(2,3)7(11)10-13(12)9(4,5)6/h13H,1-6H3. The van der Waals surface area contributed by atoms with Crippen molar-refractivity contribution in [3.63, 3.8) is 0 Å². The second-order valence-electron chi connectivity index (χ2n) is 5.10. The van der Waals surface area contributed by atoms with Gasteiger partial charge in [0.1, 0.15) is 0 Å². The molecule has 0 radical (unpaired) electrons. The van der Waals surface area contributed by atoms with E-state index in [0.717, 1.165) is 0 Å². The first kappa shape index (κ1) is 12.6. The Morgan fingerprint density at radius 1 is 1.08 bits per heavy atom. The van der Waals surface area contributed by atoms with Crippen molar-refractivity contribution in [2.75, 3.05) is 0 Å². The molecule has 0 aliphatic heterocycles. The summed E-state index contributed by atoms with van der Waals surface area (Å²) in [4.78, 5) is 11.4. The van der Waals surface area contributed by atoms with E-state index in [9.17, 15) is 9.00 Å². The molecule has 0 aliphatic rings. The summed E-state index contributed by atoms with van der Waals surface area (Å²) in [6.45, 7) is 10.7. The highest BCUT2D eigenvalue weighted by atomic mass is 32.2. The van der Waals surface area contributed by atoms with Crippen molar-refractivity contribution in [2.24, 2.45) is 9.78 Å². The Bertz CT molecular complexity index is 275. The van der Waals surface area contributed by atoms with Gasteiger partial charge in [0.05, 0.1) is 0 Å². The Kier molecular flexibility index (Phi) is 3.67. The summed E-state index contributed by atoms with van der Waals surface area (Å²) in [5.74, 6) is -0.288. The SMILES string of the molecule is CC(C)(C)C(=O)/N=[SH](=O)\C(C)(C)C. The fourth-order valence-electron chi connectivity index (χ4n) is 0.382. The Hall–Kier alpha value is -0.380. The molecule has 0 aromatic heterocycles. The summed E-state index contributed by atoms with van der Waals surface area (Å²) in [7, 11) is -1.80. The molecule has 0 spiro atoms. The Labute approximate surface area is 82.1 Å². The molecule has 1 atom stereocenters. The summed E-state index contributed by atoms with van der Waals surface area (Å²) < 4.78 is 14.8. The van der Waals surface area contributed by atoms with E-state index >= 15 is 0 Å². The van der Waals surface area contributed by atoms with Crippen LogP contribution in [-0.2, 0) is 15.4 Å². The highest BCUT2D eigenvalue weighted by molar-refractivity contribution is 7.76. The van der Waals surface area contributed by atoms with E-state index in [2.05, 4.69) is 4.36 Å². The molecular weight excluding hydrogens is 186 g/mol. The van der Waals surface area contributed by atoms with Crippen molar-refractivity contribution in [3.8, 4) is 0 Å². The maximum absolute atomic E-state index is 11.5. The number of carbonyl (C=O) groups is 1. The molecule has 78 valence electrons. The van der Waals surface area contributed by atoms with E-state index in [-0.39, 0.29) is 5.91 Å². The molecule has 0 bridgehead atoms. The van der Waals surface area contributed by atoms with Gasteiger partial charge < -0.3 is 0 Å². The highest BCUT2D eigenvalue weighted by Gasteiger charge is 2.22. The maximum Gasteiger partial charge on any atom is 0.258 e. The van der Waals surface area contributed by atoms with Gasteiger partial charge in [0, 0.05) is 20.8 Å². The number of carbonyl (C=O) groups excluding carboxylic acids is 1. The van der Waals surface area contributed by atoms with Gasteiger partial charge in [-0.15, -0.1) is 0 Å². The minimum Gasteiger partial charge on any atom is -0.271 e. The van der Waals surface area contributed by atoms with Gasteiger partial charge in [0.2, 0.25) is 0 Å². The van der Waals surface area contributed by atoms with Crippen LogP contribution in [0.1, 0.15) is 41.5 Å². The Morgan fingerprint density at radius 3 is 1.69 bits per heavy atom. The van der Waals surface area contributed by atoms with E-state index in [4.69, 9.17) is 0 Å². The number of amides is 1. The van der Waals surface area contributed by atoms with Gasteiger partial charge in [-0.05, 0) is 20.8 Å². The van der Waals surface area contributed by atoms with Crippen LogP contribution in [-0.4, -0.2) is 14.9 Å². The topological polar surface area (TPSA) is 46.5 Å². The quantitative estimate of drug-likeness (QED) is 0.615.